The lowest BCUT2D eigenvalue weighted by atomic mass is 10.0. The lowest BCUT2D eigenvalue weighted by Crippen LogP contribution is -2.11. The van der Waals surface area contributed by atoms with E-state index in [1.165, 1.54) is 30.1 Å². The predicted octanol–water partition coefficient (Wildman–Crippen LogP) is 6.08. The quantitative estimate of drug-likeness (QED) is 0.268. The van der Waals surface area contributed by atoms with Gasteiger partial charge in [-0.25, -0.2) is 0 Å². The van der Waals surface area contributed by atoms with Crippen LogP contribution in [0.2, 0.25) is 5.02 Å². The van der Waals surface area contributed by atoms with Gasteiger partial charge >= 0.3 is 0 Å². The lowest BCUT2D eigenvalue weighted by Gasteiger charge is -2.18. The molecule has 0 bridgehead atoms. The zero-order valence-corrected chi connectivity index (χ0v) is 17.8. The number of halogens is 1. The first kappa shape index (κ1) is 21.4. The van der Waals surface area contributed by atoms with Gasteiger partial charge in [0.15, 0.2) is 5.78 Å². The third kappa shape index (κ3) is 5.00. The molecule has 0 radical (unpaired) electrons. The molecule has 29 heavy (non-hydrogen) atoms. The van der Waals surface area contributed by atoms with Crippen LogP contribution >= 0.6 is 30.3 Å². The molecule has 2 unspecified atom stereocenters. The normalized spacial score (nSPS) is 14.7. The standard InChI is InChI=1S/C20H17ClNO5PS/c1-28(26,27)20(17-12-29-19-9-8-14(21)11-16(17)19)18(23)7-3-5-13-4-2-6-15(10-13)22(24)25/h2-6,8-12,20H,7H2,1H3,(H,26,27)/b5-3+. The van der Waals surface area contributed by atoms with Crippen LogP contribution in [0.15, 0.2) is 53.9 Å². The van der Waals surface area contributed by atoms with Crippen LogP contribution < -0.4 is 0 Å². The number of nitrogens with zero attached hydrogens (tertiary/aromatic N) is 1. The molecule has 2 atom stereocenters. The highest BCUT2D eigenvalue weighted by atomic mass is 35.5. The van der Waals surface area contributed by atoms with Gasteiger partial charge in [0.05, 0.1) is 4.92 Å². The Bertz CT molecular complexity index is 1170. The van der Waals surface area contributed by atoms with Gasteiger partial charge in [0.2, 0.25) is 7.37 Å². The highest BCUT2D eigenvalue weighted by molar-refractivity contribution is 7.58. The predicted molar refractivity (Wildman–Crippen MR) is 117 cm³/mol. The summed E-state index contributed by atoms with van der Waals surface area (Å²) < 4.78 is 13.4. The molecule has 0 aliphatic carbocycles. The summed E-state index contributed by atoms with van der Waals surface area (Å²) in [5.74, 6) is -0.403. The Morgan fingerprint density at radius 1 is 1.34 bits per heavy atom. The summed E-state index contributed by atoms with van der Waals surface area (Å²) in [6.07, 6.45) is 3.05. The third-order valence-corrected chi connectivity index (χ3v) is 7.10. The van der Waals surface area contributed by atoms with E-state index in [0.29, 0.717) is 21.5 Å². The number of carbonyl (C=O) groups is 1. The molecule has 1 N–H and O–H groups in total. The molecule has 6 nitrogen and oxygen atoms in total. The second-order valence-corrected chi connectivity index (χ2v) is 10.4. The Morgan fingerprint density at radius 2 is 2.10 bits per heavy atom. The van der Waals surface area contributed by atoms with Crippen LogP contribution in [-0.4, -0.2) is 22.3 Å². The van der Waals surface area contributed by atoms with Gasteiger partial charge in [-0.2, -0.15) is 0 Å². The van der Waals surface area contributed by atoms with E-state index in [-0.39, 0.29) is 12.1 Å². The van der Waals surface area contributed by atoms with Gasteiger partial charge in [-0.15, -0.1) is 11.3 Å². The van der Waals surface area contributed by atoms with Gasteiger partial charge in [0.1, 0.15) is 5.66 Å². The minimum atomic E-state index is -3.78. The summed E-state index contributed by atoms with van der Waals surface area (Å²) in [5.41, 5.74) is -0.148. The molecular weight excluding hydrogens is 433 g/mol. The molecule has 0 amide bonds. The molecule has 0 saturated carbocycles. The first-order valence-corrected chi connectivity index (χ1v) is 12.0. The van der Waals surface area contributed by atoms with Crippen molar-refractivity contribution in [3.63, 3.8) is 0 Å². The van der Waals surface area contributed by atoms with Crippen molar-refractivity contribution in [2.75, 3.05) is 6.66 Å². The Morgan fingerprint density at radius 3 is 2.79 bits per heavy atom. The highest BCUT2D eigenvalue weighted by Crippen LogP contribution is 2.55. The molecular formula is C20H17ClNO5PS. The molecule has 2 aromatic carbocycles. The van der Waals surface area contributed by atoms with Crippen molar-refractivity contribution in [1.29, 1.82) is 0 Å². The van der Waals surface area contributed by atoms with Crippen LogP contribution in [0, 0.1) is 10.1 Å². The van der Waals surface area contributed by atoms with E-state index in [1.807, 2.05) is 6.07 Å². The van der Waals surface area contributed by atoms with E-state index in [2.05, 4.69) is 0 Å². The summed E-state index contributed by atoms with van der Waals surface area (Å²) in [6, 6.07) is 11.2. The number of nitro groups is 1. The van der Waals surface area contributed by atoms with Crippen molar-refractivity contribution < 1.29 is 19.2 Å². The van der Waals surface area contributed by atoms with Gasteiger partial charge in [-0.3, -0.25) is 19.5 Å². The average Bonchev–Trinajstić information content (AvgIpc) is 3.03. The molecule has 0 aliphatic rings. The van der Waals surface area contributed by atoms with Gasteiger partial charge in [0.25, 0.3) is 5.69 Å². The SMILES string of the molecule is CP(=O)(O)C(C(=O)C/C=C/c1cccc([N+](=O)[O-])c1)c1csc2ccc(Cl)cc12. The number of benzene rings is 2. The maximum Gasteiger partial charge on any atom is 0.270 e. The molecule has 9 heteroatoms. The van der Waals surface area contributed by atoms with Crippen LogP contribution in [0.1, 0.15) is 23.2 Å². The van der Waals surface area contributed by atoms with Crippen LogP contribution in [0.4, 0.5) is 5.69 Å². The monoisotopic (exact) mass is 449 g/mol. The molecule has 1 heterocycles. The zero-order valence-electron chi connectivity index (χ0n) is 15.3. The second-order valence-electron chi connectivity index (χ2n) is 6.60. The number of thiophene rings is 1. The van der Waals surface area contributed by atoms with E-state index in [4.69, 9.17) is 11.6 Å². The van der Waals surface area contributed by atoms with Gasteiger partial charge < -0.3 is 4.89 Å². The number of Topliss-reactive ketones (excluding diaryl/α,β-unsaturated/α-hetero) is 1. The van der Waals surface area contributed by atoms with Crippen molar-refractivity contribution in [2.45, 2.75) is 12.1 Å². The maximum atomic E-state index is 12.9. The summed E-state index contributed by atoms with van der Waals surface area (Å²) in [4.78, 5) is 33.5. The van der Waals surface area contributed by atoms with Crippen molar-refractivity contribution in [3.05, 3.63) is 80.2 Å². The van der Waals surface area contributed by atoms with Crippen LogP contribution in [0.3, 0.4) is 0 Å². The molecule has 150 valence electrons. The molecule has 3 aromatic rings. The Kier molecular flexibility index (Phi) is 6.34. The van der Waals surface area contributed by atoms with Gasteiger partial charge in [-0.05, 0) is 40.1 Å². The first-order valence-electron chi connectivity index (χ1n) is 8.57. The molecule has 0 aliphatic heterocycles. The summed E-state index contributed by atoms with van der Waals surface area (Å²) in [5, 5.41) is 13.8. The average molecular weight is 450 g/mol. The van der Waals surface area contributed by atoms with Crippen LogP contribution in [-0.2, 0) is 9.36 Å². The summed E-state index contributed by atoms with van der Waals surface area (Å²) >= 11 is 7.45. The molecule has 0 spiro atoms. The van der Waals surface area contributed by atoms with Crippen molar-refractivity contribution in [3.8, 4) is 0 Å². The largest absolute Gasteiger partial charge is 0.344 e. The van der Waals surface area contributed by atoms with Gasteiger partial charge in [-0.1, -0.05) is 35.9 Å². The van der Waals surface area contributed by atoms with Crippen molar-refractivity contribution >= 4 is 57.9 Å². The van der Waals surface area contributed by atoms with E-state index in [9.17, 15) is 24.4 Å². The lowest BCUT2D eigenvalue weighted by molar-refractivity contribution is -0.384. The van der Waals surface area contributed by atoms with Crippen molar-refractivity contribution in [1.82, 2.24) is 0 Å². The zero-order chi connectivity index (χ0) is 21.2. The molecule has 1 aromatic heterocycles. The fourth-order valence-electron chi connectivity index (χ4n) is 3.10. The van der Waals surface area contributed by atoms with E-state index < -0.39 is 23.7 Å². The number of carbonyl (C=O) groups excluding carboxylic acids is 1. The number of rotatable bonds is 7. The van der Waals surface area contributed by atoms with Crippen LogP contribution in [0.25, 0.3) is 16.2 Å². The second kappa shape index (κ2) is 8.59. The number of ketones is 1. The Hall–Kier alpha value is -2.31. The molecule has 3 rings (SSSR count). The fraction of sp³-hybridized carbons (Fsp3) is 0.150. The number of fused-ring (bicyclic) bond motifs is 1. The highest BCUT2D eigenvalue weighted by Gasteiger charge is 2.35. The van der Waals surface area contributed by atoms with Crippen molar-refractivity contribution in [2.24, 2.45) is 0 Å². The Balaban J connectivity index is 1.87. The minimum Gasteiger partial charge on any atom is -0.344 e. The summed E-state index contributed by atoms with van der Waals surface area (Å²) in [6.45, 7) is 1.17. The molecule has 0 saturated heterocycles. The first-order chi connectivity index (χ1) is 13.7. The smallest absolute Gasteiger partial charge is 0.270 e. The topological polar surface area (TPSA) is 97.5 Å². The number of hydrogen-bond donors (Lipinski definition) is 1. The molecule has 0 fully saturated rings. The Labute approximate surface area is 176 Å². The third-order valence-electron chi connectivity index (χ3n) is 4.35. The number of nitro benzene ring substituents is 1. The van der Waals surface area contributed by atoms with Crippen LogP contribution in [0.5, 0.6) is 0 Å². The van der Waals surface area contributed by atoms with E-state index in [1.54, 1.807) is 41.8 Å². The number of hydrogen-bond acceptors (Lipinski definition) is 5. The fourth-order valence-corrected chi connectivity index (χ4v) is 5.71. The summed E-state index contributed by atoms with van der Waals surface area (Å²) in [7, 11) is -3.78. The number of non-ortho nitro benzene ring substituents is 1. The van der Waals surface area contributed by atoms with E-state index >= 15 is 0 Å². The minimum absolute atomic E-state index is 0.0496. The number of allylic oxidation sites excluding steroid dienone is 1. The van der Waals surface area contributed by atoms with E-state index in [0.717, 1.165) is 4.70 Å². The van der Waals surface area contributed by atoms with Gasteiger partial charge in [0, 0.05) is 34.9 Å². The maximum absolute atomic E-state index is 12.9.